The number of thiophene rings is 1. The molecule has 1 amide bonds. The average molecular weight is 315 g/mol. The second-order valence-electron chi connectivity index (χ2n) is 6.07. The highest BCUT2D eigenvalue weighted by atomic mass is 32.1. The third kappa shape index (κ3) is 2.53. The number of carbonyl (C=O) groups excluding carboxylic acids is 1. The van der Waals surface area contributed by atoms with Gasteiger partial charge in [-0.15, -0.1) is 11.3 Å². The van der Waals surface area contributed by atoms with Gasteiger partial charge in [-0.3, -0.25) is 4.79 Å². The van der Waals surface area contributed by atoms with Gasteiger partial charge in [0.05, 0.1) is 6.04 Å². The number of hydrogen-bond acceptors (Lipinski definition) is 4. The normalized spacial score (nSPS) is 22.4. The molecule has 2 aliphatic heterocycles. The highest BCUT2D eigenvalue weighted by Gasteiger charge is 2.30. The first kappa shape index (κ1) is 14.2. The van der Waals surface area contributed by atoms with Crippen molar-refractivity contribution in [3.05, 3.63) is 34.7 Å². The van der Waals surface area contributed by atoms with E-state index in [1.807, 2.05) is 16.2 Å². The molecule has 22 heavy (non-hydrogen) atoms. The maximum atomic E-state index is 12.8. The van der Waals surface area contributed by atoms with Crippen LogP contribution in [0.2, 0.25) is 0 Å². The van der Waals surface area contributed by atoms with Crippen molar-refractivity contribution >= 4 is 27.3 Å². The Labute approximate surface area is 134 Å². The fourth-order valence-electron chi connectivity index (χ4n) is 3.47. The minimum atomic E-state index is -0.0661. The topological polar surface area (TPSA) is 44.4 Å². The first-order valence-corrected chi connectivity index (χ1v) is 8.87. The monoisotopic (exact) mass is 315 g/mol. The number of carbonyl (C=O) groups is 1. The Morgan fingerprint density at radius 2 is 2.14 bits per heavy atom. The lowest BCUT2D eigenvalue weighted by Gasteiger charge is -2.29. The van der Waals surface area contributed by atoms with E-state index in [9.17, 15) is 4.79 Å². The number of benzene rings is 1. The summed E-state index contributed by atoms with van der Waals surface area (Å²) in [6, 6.07) is 8.48. The molecule has 0 spiro atoms. The van der Waals surface area contributed by atoms with Gasteiger partial charge in [0.2, 0.25) is 5.91 Å². The quantitative estimate of drug-likeness (QED) is 0.842. The molecular weight excluding hydrogens is 294 g/mol. The van der Waals surface area contributed by atoms with Gasteiger partial charge in [0.1, 0.15) is 0 Å². The Bertz CT molecular complexity index is 688. The number of hydrogen-bond donors (Lipinski definition) is 2. The van der Waals surface area contributed by atoms with Crippen molar-refractivity contribution in [3.8, 4) is 0 Å². The zero-order chi connectivity index (χ0) is 14.9. The molecule has 4 rings (SSSR count). The van der Waals surface area contributed by atoms with E-state index in [4.69, 9.17) is 0 Å². The second kappa shape index (κ2) is 5.99. The molecule has 0 bridgehead atoms. The van der Waals surface area contributed by atoms with Gasteiger partial charge in [0, 0.05) is 35.8 Å². The molecule has 1 aromatic carbocycles. The zero-order valence-corrected chi connectivity index (χ0v) is 13.4. The van der Waals surface area contributed by atoms with Gasteiger partial charge in [-0.2, -0.15) is 0 Å². The van der Waals surface area contributed by atoms with Crippen molar-refractivity contribution in [2.24, 2.45) is 0 Å². The molecule has 2 aromatic rings. The second-order valence-corrected chi connectivity index (χ2v) is 7.20. The van der Waals surface area contributed by atoms with E-state index in [1.54, 1.807) is 0 Å². The van der Waals surface area contributed by atoms with Crippen LogP contribution in [0.4, 0.5) is 0 Å². The minimum Gasteiger partial charge on any atom is -0.340 e. The van der Waals surface area contributed by atoms with E-state index in [-0.39, 0.29) is 11.9 Å². The van der Waals surface area contributed by atoms with Gasteiger partial charge in [-0.25, -0.2) is 0 Å². The van der Waals surface area contributed by atoms with Crippen LogP contribution in [0.15, 0.2) is 24.3 Å². The van der Waals surface area contributed by atoms with Crippen LogP contribution in [0.5, 0.6) is 0 Å². The van der Waals surface area contributed by atoms with Gasteiger partial charge in [0.15, 0.2) is 0 Å². The average Bonchev–Trinajstić information content (AvgIpc) is 2.73. The van der Waals surface area contributed by atoms with Crippen LogP contribution in [0, 0.1) is 0 Å². The molecule has 2 aliphatic rings. The molecular formula is C17H21N3OS. The maximum Gasteiger partial charge on any atom is 0.240 e. The molecule has 1 fully saturated rings. The van der Waals surface area contributed by atoms with Crippen molar-refractivity contribution in [2.45, 2.75) is 25.4 Å². The lowest BCUT2D eigenvalue weighted by Crippen LogP contribution is -2.50. The van der Waals surface area contributed by atoms with Gasteiger partial charge in [-0.05, 0) is 36.4 Å². The Morgan fingerprint density at radius 3 is 3.09 bits per heavy atom. The third-order valence-corrected chi connectivity index (χ3v) is 5.86. The van der Waals surface area contributed by atoms with Crippen LogP contribution >= 0.6 is 11.3 Å². The molecule has 5 heteroatoms. The molecule has 0 saturated carbocycles. The molecule has 2 N–H and O–H groups in total. The number of rotatable bonds is 1. The zero-order valence-electron chi connectivity index (χ0n) is 12.6. The summed E-state index contributed by atoms with van der Waals surface area (Å²) in [6.45, 7) is 4.44. The third-order valence-electron chi connectivity index (χ3n) is 4.65. The first-order valence-electron chi connectivity index (χ1n) is 8.05. The van der Waals surface area contributed by atoms with E-state index in [2.05, 4.69) is 34.9 Å². The Hall–Kier alpha value is -1.43. The van der Waals surface area contributed by atoms with Crippen molar-refractivity contribution < 1.29 is 4.79 Å². The van der Waals surface area contributed by atoms with Crippen LogP contribution < -0.4 is 10.6 Å². The van der Waals surface area contributed by atoms with E-state index >= 15 is 0 Å². The molecule has 4 nitrogen and oxygen atoms in total. The van der Waals surface area contributed by atoms with Crippen molar-refractivity contribution in [1.82, 2.24) is 15.5 Å². The summed E-state index contributed by atoms with van der Waals surface area (Å²) in [5, 5.41) is 8.14. The lowest BCUT2D eigenvalue weighted by atomic mass is 9.98. The fraction of sp³-hybridized carbons (Fsp3) is 0.471. The summed E-state index contributed by atoms with van der Waals surface area (Å²) in [4.78, 5) is 16.2. The van der Waals surface area contributed by atoms with E-state index in [0.29, 0.717) is 0 Å². The van der Waals surface area contributed by atoms with Crippen LogP contribution in [-0.4, -0.2) is 43.0 Å². The summed E-state index contributed by atoms with van der Waals surface area (Å²) in [5.74, 6) is 0.268. The Kier molecular flexibility index (Phi) is 3.86. The van der Waals surface area contributed by atoms with Gasteiger partial charge < -0.3 is 15.5 Å². The largest absolute Gasteiger partial charge is 0.340 e. The SMILES string of the molecule is O=C([C@H]1Cc2c(sc3ccccc23)CN1)N1CCCNCC1. The number of fused-ring (bicyclic) bond motifs is 3. The maximum absolute atomic E-state index is 12.8. The van der Waals surface area contributed by atoms with E-state index in [0.717, 1.165) is 45.6 Å². The van der Waals surface area contributed by atoms with Crippen molar-refractivity contribution in [1.29, 1.82) is 0 Å². The molecule has 1 aromatic heterocycles. The van der Waals surface area contributed by atoms with Crippen LogP contribution in [0.1, 0.15) is 16.9 Å². The lowest BCUT2D eigenvalue weighted by molar-refractivity contribution is -0.133. The summed E-state index contributed by atoms with van der Waals surface area (Å²) in [5.41, 5.74) is 1.38. The molecule has 1 saturated heterocycles. The van der Waals surface area contributed by atoms with Gasteiger partial charge in [-0.1, -0.05) is 18.2 Å². The summed E-state index contributed by atoms with van der Waals surface area (Å²) < 4.78 is 1.33. The van der Waals surface area contributed by atoms with E-state index < -0.39 is 0 Å². The van der Waals surface area contributed by atoms with Crippen LogP contribution in [-0.2, 0) is 17.8 Å². The van der Waals surface area contributed by atoms with Crippen LogP contribution in [0.25, 0.3) is 10.1 Å². The first-order chi connectivity index (χ1) is 10.8. The predicted octanol–water partition coefficient (Wildman–Crippen LogP) is 1.74. The van der Waals surface area contributed by atoms with Gasteiger partial charge in [0.25, 0.3) is 0 Å². The molecule has 0 radical (unpaired) electrons. The summed E-state index contributed by atoms with van der Waals surface area (Å²) in [7, 11) is 0. The molecule has 3 heterocycles. The predicted molar refractivity (Wildman–Crippen MR) is 90.2 cm³/mol. The highest BCUT2D eigenvalue weighted by molar-refractivity contribution is 7.19. The summed E-state index contributed by atoms with van der Waals surface area (Å²) in [6.07, 6.45) is 1.87. The smallest absolute Gasteiger partial charge is 0.240 e. The molecule has 0 unspecified atom stereocenters. The van der Waals surface area contributed by atoms with E-state index in [1.165, 1.54) is 20.5 Å². The molecule has 116 valence electrons. The number of nitrogens with one attached hydrogen (secondary N) is 2. The standard InChI is InChI=1S/C17H21N3OS/c21-17(20-8-3-6-18-7-9-20)14-10-13-12-4-1-2-5-15(12)22-16(13)11-19-14/h1-2,4-5,14,18-19H,3,6-11H2/t14-/m1/s1. The molecule has 0 aliphatic carbocycles. The minimum absolute atomic E-state index is 0.0661. The summed E-state index contributed by atoms with van der Waals surface area (Å²) >= 11 is 1.85. The Balaban J connectivity index is 1.57. The number of amides is 1. The fourth-order valence-corrected chi connectivity index (χ4v) is 4.65. The molecule has 1 atom stereocenters. The van der Waals surface area contributed by atoms with Crippen LogP contribution in [0.3, 0.4) is 0 Å². The van der Waals surface area contributed by atoms with Crippen molar-refractivity contribution in [3.63, 3.8) is 0 Å². The van der Waals surface area contributed by atoms with Gasteiger partial charge >= 0.3 is 0 Å². The number of nitrogens with zero attached hydrogens (tertiary/aromatic N) is 1. The van der Waals surface area contributed by atoms with Crippen molar-refractivity contribution in [2.75, 3.05) is 26.2 Å². The highest BCUT2D eigenvalue weighted by Crippen LogP contribution is 2.34. The Morgan fingerprint density at radius 1 is 1.23 bits per heavy atom.